The van der Waals surface area contributed by atoms with Gasteiger partial charge in [-0.25, -0.2) is 9.97 Å². The van der Waals surface area contributed by atoms with Gasteiger partial charge in [0.25, 0.3) is 6.01 Å². The van der Waals surface area contributed by atoms with Gasteiger partial charge in [0.2, 0.25) is 17.4 Å². The number of ether oxygens (including phenoxy) is 1. The van der Waals surface area contributed by atoms with Crippen LogP contribution in [-0.4, -0.2) is 87.7 Å². The van der Waals surface area contributed by atoms with Crippen LogP contribution in [0.15, 0.2) is 39.5 Å². The molecule has 210 valence electrons. The van der Waals surface area contributed by atoms with E-state index < -0.39 is 5.60 Å². The molecule has 4 aromatic heterocycles. The van der Waals surface area contributed by atoms with E-state index in [1.54, 1.807) is 18.3 Å². The van der Waals surface area contributed by atoms with Crippen molar-refractivity contribution in [2.45, 2.75) is 31.8 Å². The Morgan fingerprint density at radius 3 is 2.80 bits per heavy atom. The molecule has 0 bridgehead atoms. The summed E-state index contributed by atoms with van der Waals surface area (Å²) in [5, 5.41) is 23.5. The Balaban J connectivity index is 1.27. The zero-order valence-corrected chi connectivity index (χ0v) is 22.2. The van der Waals surface area contributed by atoms with E-state index in [0.717, 1.165) is 11.3 Å². The molecule has 3 N–H and O–H groups in total. The zero-order chi connectivity index (χ0) is 27.7. The Hall–Kier alpha value is -4.07. The SMILES string of the molecule is Cc1cc(-c2nc(CC(=O)Nc3cc4oc(N5CCOCC5)nc4nc3N3CCCC(O)(CO)C3)co2)ccn1. The van der Waals surface area contributed by atoms with Crippen LogP contribution in [0, 0.1) is 6.92 Å². The van der Waals surface area contributed by atoms with Crippen molar-refractivity contribution in [1.29, 1.82) is 0 Å². The number of β-amino-alcohol motifs (C(OH)–C–C–N with tert-alkyl or cyclic N) is 1. The number of oxazole rings is 2. The minimum Gasteiger partial charge on any atom is -0.444 e. The van der Waals surface area contributed by atoms with Gasteiger partial charge in [-0.2, -0.15) is 4.98 Å². The number of nitrogens with zero attached hydrogens (tertiary/aromatic N) is 6. The molecular formula is C27H31N7O6. The van der Waals surface area contributed by atoms with Gasteiger partial charge < -0.3 is 38.9 Å². The van der Waals surface area contributed by atoms with E-state index in [-0.39, 0.29) is 25.5 Å². The van der Waals surface area contributed by atoms with Crippen LogP contribution in [-0.2, 0) is 16.0 Å². The number of nitrogens with one attached hydrogen (secondary N) is 1. The second-order valence-electron chi connectivity index (χ2n) is 10.2. The second-order valence-corrected chi connectivity index (χ2v) is 10.2. The topological polar surface area (TPSA) is 163 Å². The minimum atomic E-state index is -1.26. The smallest absolute Gasteiger partial charge is 0.300 e. The molecule has 40 heavy (non-hydrogen) atoms. The normalized spacial score (nSPS) is 19.8. The van der Waals surface area contributed by atoms with Gasteiger partial charge in [0, 0.05) is 43.2 Å². The third-order valence-electron chi connectivity index (χ3n) is 7.09. The quantitative estimate of drug-likeness (QED) is 0.307. The number of fused-ring (bicyclic) bond motifs is 1. The van der Waals surface area contributed by atoms with Crippen LogP contribution in [0.25, 0.3) is 22.7 Å². The van der Waals surface area contributed by atoms with Crippen molar-refractivity contribution < 1.29 is 28.6 Å². The molecule has 6 heterocycles. The highest BCUT2D eigenvalue weighted by Crippen LogP contribution is 2.34. The number of piperidine rings is 1. The van der Waals surface area contributed by atoms with Crippen molar-refractivity contribution >= 4 is 34.7 Å². The number of aliphatic hydroxyl groups is 2. The highest BCUT2D eigenvalue weighted by atomic mass is 16.5. The molecule has 6 rings (SSSR count). The first-order valence-electron chi connectivity index (χ1n) is 13.3. The lowest BCUT2D eigenvalue weighted by molar-refractivity contribution is -0.115. The van der Waals surface area contributed by atoms with E-state index in [9.17, 15) is 15.0 Å². The predicted molar refractivity (Wildman–Crippen MR) is 145 cm³/mol. The number of amides is 1. The Kier molecular flexibility index (Phi) is 7.09. The van der Waals surface area contributed by atoms with E-state index in [0.29, 0.717) is 86.0 Å². The Morgan fingerprint density at radius 1 is 1.15 bits per heavy atom. The number of hydrogen-bond acceptors (Lipinski definition) is 12. The summed E-state index contributed by atoms with van der Waals surface area (Å²) in [5.41, 5.74) is 2.05. The highest BCUT2D eigenvalue weighted by Gasteiger charge is 2.34. The van der Waals surface area contributed by atoms with Gasteiger partial charge >= 0.3 is 0 Å². The van der Waals surface area contributed by atoms with Crippen molar-refractivity contribution in [2.75, 3.05) is 61.1 Å². The largest absolute Gasteiger partial charge is 0.444 e. The number of pyridine rings is 2. The fourth-order valence-electron chi connectivity index (χ4n) is 5.05. The number of morpholine rings is 1. The number of aryl methyl sites for hydroxylation is 1. The van der Waals surface area contributed by atoms with Crippen LogP contribution in [0.1, 0.15) is 24.2 Å². The van der Waals surface area contributed by atoms with E-state index in [4.69, 9.17) is 18.6 Å². The molecule has 0 saturated carbocycles. The van der Waals surface area contributed by atoms with Gasteiger partial charge in [-0.1, -0.05) is 0 Å². The average Bonchev–Trinajstić information content (AvgIpc) is 3.60. The average molecular weight is 550 g/mol. The zero-order valence-electron chi connectivity index (χ0n) is 22.2. The van der Waals surface area contributed by atoms with Gasteiger partial charge in [0.15, 0.2) is 11.4 Å². The molecule has 0 aromatic carbocycles. The monoisotopic (exact) mass is 549 g/mol. The van der Waals surface area contributed by atoms with Crippen molar-refractivity contribution in [3.05, 3.63) is 42.0 Å². The number of carbonyl (C=O) groups excluding carboxylic acids is 1. The lowest BCUT2D eigenvalue weighted by atomic mass is 9.94. The van der Waals surface area contributed by atoms with Crippen LogP contribution < -0.4 is 15.1 Å². The van der Waals surface area contributed by atoms with Gasteiger partial charge in [0.05, 0.1) is 44.2 Å². The molecule has 0 radical (unpaired) electrons. The lowest BCUT2D eigenvalue weighted by Gasteiger charge is -2.39. The van der Waals surface area contributed by atoms with Crippen LogP contribution in [0.2, 0.25) is 0 Å². The number of hydrogen-bond donors (Lipinski definition) is 3. The summed E-state index contributed by atoms with van der Waals surface area (Å²) in [6, 6.07) is 5.79. The molecule has 1 atom stereocenters. The fourth-order valence-corrected chi connectivity index (χ4v) is 5.05. The number of carbonyl (C=O) groups is 1. The van der Waals surface area contributed by atoms with Crippen molar-refractivity contribution in [2.24, 2.45) is 0 Å². The van der Waals surface area contributed by atoms with Crippen molar-refractivity contribution in [3.63, 3.8) is 0 Å². The maximum absolute atomic E-state index is 13.2. The summed E-state index contributed by atoms with van der Waals surface area (Å²) >= 11 is 0. The highest BCUT2D eigenvalue weighted by molar-refractivity contribution is 5.97. The Morgan fingerprint density at radius 2 is 2.00 bits per heavy atom. The third-order valence-corrected chi connectivity index (χ3v) is 7.09. The molecule has 4 aromatic rings. The predicted octanol–water partition coefficient (Wildman–Crippen LogP) is 1.92. The maximum Gasteiger partial charge on any atom is 0.300 e. The van der Waals surface area contributed by atoms with Crippen molar-refractivity contribution in [3.8, 4) is 11.5 Å². The summed E-state index contributed by atoms with van der Waals surface area (Å²) in [6.07, 6.45) is 4.24. The number of rotatable bonds is 7. The molecule has 1 unspecified atom stereocenters. The fraction of sp³-hybridized carbons (Fsp3) is 0.444. The summed E-state index contributed by atoms with van der Waals surface area (Å²) in [5.74, 6) is 0.531. The van der Waals surface area contributed by atoms with Crippen LogP contribution in [0.5, 0.6) is 0 Å². The second kappa shape index (κ2) is 10.8. The first-order chi connectivity index (χ1) is 19.4. The lowest BCUT2D eigenvalue weighted by Crippen LogP contribution is -2.51. The first-order valence-corrected chi connectivity index (χ1v) is 13.3. The number of aromatic nitrogens is 4. The van der Waals surface area contributed by atoms with E-state index >= 15 is 0 Å². The van der Waals surface area contributed by atoms with Crippen molar-refractivity contribution in [1.82, 2.24) is 19.9 Å². The molecule has 13 nitrogen and oxygen atoms in total. The minimum absolute atomic E-state index is 0.0267. The van der Waals surface area contributed by atoms with Gasteiger partial charge in [-0.15, -0.1) is 0 Å². The van der Waals surface area contributed by atoms with E-state index in [1.165, 1.54) is 6.26 Å². The summed E-state index contributed by atoms with van der Waals surface area (Å²) in [4.78, 5) is 35.0. The Bertz CT molecular complexity index is 1510. The molecular weight excluding hydrogens is 518 g/mol. The standard InChI is InChI=1S/C27H31N7O6/c1-17-11-18(3-5-28-17)25-29-19(14-39-25)12-22(36)30-20-13-21-23(32-26(40-21)33-7-9-38-10-8-33)31-24(20)34-6-2-4-27(37,15-34)16-35/h3,5,11,13-14,35,37H,2,4,6-10,12,15-16H2,1H3,(H,30,36). The Labute approximate surface area is 229 Å². The van der Waals surface area contributed by atoms with Gasteiger partial charge in [-0.3, -0.25) is 9.78 Å². The number of aliphatic hydroxyl groups excluding tert-OH is 1. The first kappa shape index (κ1) is 26.2. The van der Waals surface area contributed by atoms with Gasteiger partial charge in [0.1, 0.15) is 11.9 Å². The molecule has 2 aliphatic heterocycles. The molecule has 2 aliphatic rings. The molecule has 0 aliphatic carbocycles. The molecule has 2 saturated heterocycles. The molecule has 0 spiro atoms. The molecule has 1 amide bonds. The van der Waals surface area contributed by atoms with Gasteiger partial charge in [-0.05, 0) is 31.9 Å². The van der Waals surface area contributed by atoms with E-state index in [1.807, 2.05) is 22.8 Å². The number of anilines is 3. The maximum atomic E-state index is 13.2. The summed E-state index contributed by atoms with van der Waals surface area (Å²) in [7, 11) is 0. The third kappa shape index (κ3) is 5.48. The summed E-state index contributed by atoms with van der Waals surface area (Å²) < 4.78 is 17.0. The molecule has 2 fully saturated rings. The molecule has 13 heteroatoms. The van der Waals surface area contributed by atoms with E-state index in [2.05, 4.69) is 20.3 Å². The van der Waals surface area contributed by atoms with Crippen LogP contribution in [0.3, 0.4) is 0 Å². The summed E-state index contributed by atoms with van der Waals surface area (Å²) in [6.45, 7) is 4.73. The van der Waals surface area contributed by atoms with Crippen LogP contribution >= 0.6 is 0 Å². The van der Waals surface area contributed by atoms with Crippen LogP contribution in [0.4, 0.5) is 17.5 Å².